The Morgan fingerprint density at radius 1 is 0.857 bits per heavy atom. The van der Waals surface area contributed by atoms with Gasteiger partial charge in [0.2, 0.25) is 0 Å². The standard InChI is InChI=1S/C22H28BFO4/c1-21(2)22(3,4)28-23(27-21)19-11-10-18(20(24)14-19)16-26-13-12-25-15-17-8-6-5-7-9-17/h5-11,14H,12-13,15-16H2,1-4H3. The minimum atomic E-state index is -0.569. The lowest BCUT2D eigenvalue weighted by Crippen LogP contribution is -2.41. The van der Waals surface area contributed by atoms with Crippen LogP contribution in [0.2, 0.25) is 0 Å². The summed E-state index contributed by atoms with van der Waals surface area (Å²) in [6.45, 7) is 9.52. The van der Waals surface area contributed by atoms with Crippen LogP contribution in [0.3, 0.4) is 0 Å². The van der Waals surface area contributed by atoms with Gasteiger partial charge >= 0.3 is 7.12 Å². The van der Waals surface area contributed by atoms with E-state index >= 15 is 0 Å². The van der Waals surface area contributed by atoms with Crippen LogP contribution in [-0.4, -0.2) is 31.5 Å². The summed E-state index contributed by atoms with van der Waals surface area (Å²) in [5, 5.41) is 0. The normalized spacial score (nSPS) is 17.8. The van der Waals surface area contributed by atoms with Crippen molar-refractivity contribution in [3.05, 3.63) is 65.5 Å². The van der Waals surface area contributed by atoms with E-state index in [0.717, 1.165) is 5.56 Å². The second-order valence-electron chi connectivity index (χ2n) is 8.03. The minimum Gasteiger partial charge on any atom is -0.399 e. The molecule has 0 N–H and O–H groups in total. The number of hydrogen-bond donors (Lipinski definition) is 0. The Balaban J connectivity index is 1.45. The van der Waals surface area contributed by atoms with Crippen LogP contribution in [-0.2, 0) is 32.0 Å². The second-order valence-corrected chi connectivity index (χ2v) is 8.03. The highest BCUT2D eigenvalue weighted by atomic mass is 19.1. The second kappa shape index (κ2) is 8.74. The van der Waals surface area contributed by atoms with Crippen molar-refractivity contribution in [3.63, 3.8) is 0 Å². The summed E-state index contributed by atoms with van der Waals surface area (Å²) in [7, 11) is -0.569. The van der Waals surface area contributed by atoms with Crippen molar-refractivity contribution in [3.8, 4) is 0 Å². The van der Waals surface area contributed by atoms with Gasteiger partial charge in [-0.1, -0.05) is 42.5 Å². The highest BCUT2D eigenvalue weighted by molar-refractivity contribution is 6.62. The fourth-order valence-corrected chi connectivity index (χ4v) is 2.87. The largest absolute Gasteiger partial charge is 0.494 e. The SMILES string of the molecule is CC1(C)OB(c2ccc(COCCOCc3ccccc3)c(F)c2)OC1(C)C. The van der Waals surface area contributed by atoms with Crippen molar-refractivity contribution in [2.75, 3.05) is 13.2 Å². The average molecular weight is 386 g/mol. The molecule has 0 spiro atoms. The Hall–Kier alpha value is -1.73. The first-order valence-corrected chi connectivity index (χ1v) is 9.62. The molecule has 4 nitrogen and oxygen atoms in total. The van der Waals surface area contributed by atoms with Crippen molar-refractivity contribution < 1.29 is 23.2 Å². The van der Waals surface area contributed by atoms with Crippen molar-refractivity contribution >= 4 is 12.6 Å². The number of ether oxygens (including phenoxy) is 2. The van der Waals surface area contributed by atoms with Gasteiger partial charge in [0, 0.05) is 5.56 Å². The van der Waals surface area contributed by atoms with Crippen LogP contribution in [0.25, 0.3) is 0 Å². The predicted molar refractivity (Wildman–Crippen MR) is 108 cm³/mol. The summed E-state index contributed by atoms with van der Waals surface area (Å²) in [4.78, 5) is 0. The quantitative estimate of drug-likeness (QED) is 0.510. The third-order valence-corrected chi connectivity index (χ3v) is 5.34. The number of hydrogen-bond acceptors (Lipinski definition) is 4. The first-order chi connectivity index (χ1) is 13.3. The van der Waals surface area contributed by atoms with E-state index in [4.69, 9.17) is 18.8 Å². The molecule has 0 aromatic heterocycles. The zero-order valence-corrected chi connectivity index (χ0v) is 17.0. The Labute approximate surface area is 167 Å². The van der Waals surface area contributed by atoms with Crippen LogP contribution in [0.5, 0.6) is 0 Å². The van der Waals surface area contributed by atoms with Gasteiger partial charge in [-0.3, -0.25) is 0 Å². The van der Waals surface area contributed by atoms with Gasteiger partial charge in [-0.25, -0.2) is 4.39 Å². The molecule has 150 valence electrons. The third-order valence-electron chi connectivity index (χ3n) is 5.34. The van der Waals surface area contributed by atoms with E-state index in [1.807, 2.05) is 64.1 Å². The Morgan fingerprint density at radius 3 is 2.07 bits per heavy atom. The lowest BCUT2D eigenvalue weighted by molar-refractivity contribution is 0.00578. The Kier molecular flexibility index (Phi) is 6.56. The molecule has 1 saturated heterocycles. The maximum absolute atomic E-state index is 14.5. The summed E-state index contributed by atoms with van der Waals surface area (Å²) in [6.07, 6.45) is 0. The number of rotatable bonds is 8. The zero-order chi connectivity index (χ0) is 20.2. The van der Waals surface area contributed by atoms with Gasteiger partial charge in [-0.2, -0.15) is 0 Å². The first-order valence-electron chi connectivity index (χ1n) is 9.62. The van der Waals surface area contributed by atoms with Gasteiger partial charge in [0.1, 0.15) is 5.82 Å². The summed E-state index contributed by atoms with van der Waals surface area (Å²) >= 11 is 0. The molecule has 28 heavy (non-hydrogen) atoms. The van der Waals surface area contributed by atoms with Gasteiger partial charge in [0.05, 0.1) is 37.6 Å². The lowest BCUT2D eigenvalue weighted by Gasteiger charge is -2.32. The molecule has 0 amide bonds. The molecule has 1 aliphatic rings. The lowest BCUT2D eigenvalue weighted by atomic mass is 9.79. The van der Waals surface area contributed by atoms with Gasteiger partial charge in [0.25, 0.3) is 0 Å². The van der Waals surface area contributed by atoms with Crippen LogP contribution >= 0.6 is 0 Å². The average Bonchev–Trinajstić information content (AvgIpc) is 2.87. The molecule has 0 atom stereocenters. The highest BCUT2D eigenvalue weighted by Crippen LogP contribution is 2.36. The maximum atomic E-state index is 14.5. The molecule has 0 radical (unpaired) electrons. The first kappa shape index (κ1) is 21.0. The molecular weight excluding hydrogens is 358 g/mol. The summed E-state index contributed by atoms with van der Waals surface area (Å²) in [5.74, 6) is -0.322. The zero-order valence-electron chi connectivity index (χ0n) is 17.0. The van der Waals surface area contributed by atoms with Crippen molar-refractivity contribution in [2.24, 2.45) is 0 Å². The van der Waals surface area contributed by atoms with Crippen molar-refractivity contribution in [1.29, 1.82) is 0 Å². The smallest absolute Gasteiger partial charge is 0.399 e. The molecule has 0 saturated carbocycles. The molecule has 1 fully saturated rings. The van der Waals surface area contributed by atoms with Crippen molar-refractivity contribution in [2.45, 2.75) is 52.1 Å². The fourth-order valence-electron chi connectivity index (χ4n) is 2.87. The summed E-state index contributed by atoms with van der Waals surface area (Å²) in [6, 6.07) is 15.0. The van der Waals surface area contributed by atoms with E-state index < -0.39 is 18.3 Å². The molecule has 2 aromatic carbocycles. The molecule has 3 rings (SSSR count). The van der Waals surface area contributed by atoms with Crippen molar-refractivity contribution in [1.82, 2.24) is 0 Å². The highest BCUT2D eigenvalue weighted by Gasteiger charge is 2.51. The molecule has 2 aromatic rings. The fraction of sp³-hybridized carbons (Fsp3) is 0.455. The molecule has 0 unspecified atom stereocenters. The summed E-state index contributed by atoms with van der Waals surface area (Å²) < 4.78 is 37.5. The van der Waals surface area contributed by atoms with Crippen LogP contribution in [0.1, 0.15) is 38.8 Å². The van der Waals surface area contributed by atoms with Gasteiger partial charge in [-0.15, -0.1) is 0 Å². The Morgan fingerprint density at radius 2 is 1.46 bits per heavy atom. The Bertz CT molecular complexity index is 763. The third kappa shape index (κ3) is 5.00. The van der Waals surface area contributed by atoms with E-state index in [1.54, 1.807) is 6.07 Å². The van der Waals surface area contributed by atoms with Gasteiger partial charge in [0.15, 0.2) is 0 Å². The van der Waals surface area contributed by atoms with Gasteiger partial charge < -0.3 is 18.8 Å². The molecule has 0 bridgehead atoms. The van der Waals surface area contributed by atoms with Gasteiger partial charge in [-0.05, 0) is 44.8 Å². The van der Waals surface area contributed by atoms with E-state index in [1.165, 1.54) is 6.07 Å². The van der Waals surface area contributed by atoms with Crippen LogP contribution in [0.4, 0.5) is 4.39 Å². The van der Waals surface area contributed by atoms with E-state index in [9.17, 15) is 4.39 Å². The molecule has 0 aliphatic carbocycles. The summed E-state index contributed by atoms with van der Waals surface area (Å²) in [5.41, 5.74) is 1.40. The molecular formula is C22H28BFO4. The van der Waals surface area contributed by atoms with E-state index in [0.29, 0.717) is 30.8 Å². The number of benzene rings is 2. The van der Waals surface area contributed by atoms with Crippen LogP contribution in [0, 0.1) is 5.82 Å². The molecule has 6 heteroatoms. The monoisotopic (exact) mass is 386 g/mol. The number of halogens is 1. The molecule has 1 heterocycles. The minimum absolute atomic E-state index is 0.199. The topological polar surface area (TPSA) is 36.9 Å². The van der Waals surface area contributed by atoms with Crippen LogP contribution in [0.15, 0.2) is 48.5 Å². The maximum Gasteiger partial charge on any atom is 0.494 e. The predicted octanol–water partition coefficient (Wildman–Crippen LogP) is 3.86. The van der Waals surface area contributed by atoms with E-state index in [2.05, 4.69) is 0 Å². The molecule has 1 aliphatic heterocycles. The van der Waals surface area contributed by atoms with E-state index in [-0.39, 0.29) is 12.4 Å². The van der Waals surface area contributed by atoms with Crippen LogP contribution < -0.4 is 5.46 Å².